The maximum absolute atomic E-state index is 12.5. The SMILES string of the molecule is CCOC(=O)c1c(NC(=O)C(=O)N/N=C/c2ccc(OC(=O)c3ccccc3[N+](=O)[O-])c(OC)c2)sc2c1CCC2. The van der Waals surface area contributed by atoms with E-state index in [0.717, 1.165) is 23.3 Å². The Kier molecular flexibility index (Phi) is 9.04. The van der Waals surface area contributed by atoms with Gasteiger partial charge in [-0.1, -0.05) is 12.1 Å². The molecule has 0 fully saturated rings. The van der Waals surface area contributed by atoms with E-state index in [-0.39, 0.29) is 34.2 Å². The van der Waals surface area contributed by atoms with Crippen molar-refractivity contribution < 1.29 is 38.3 Å². The number of aryl methyl sites for hydroxylation is 1. The number of nitrogens with zero attached hydrogens (tertiary/aromatic N) is 2. The molecule has 212 valence electrons. The van der Waals surface area contributed by atoms with Crippen LogP contribution in [-0.2, 0) is 27.2 Å². The lowest BCUT2D eigenvalue weighted by Crippen LogP contribution is -2.32. The number of para-hydroxylation sites is 1. The quantitative estimate of drug-likeness (QED) is 0.0956. The summed E-state index contributed by atoms with van der Waals surface area (Å²) >= 11 is 1.25. The number of esters is 2. The van der Waals surface area contributed by atoms with E-state index in [2.05, 4.69) is 15.8 Å². The van der Waals surface area contributed by atoms with Gasteiger partial charge in [0.15, 0.2) is 11.5 Å². The third-order valence-electron chi connectivity index (χ3n) is 5.92. The predicted octanol–water partition coefficient (Wildman–Crippen LogP) is 3.64. The largest absolute Gasteiger partial charge is 0.493 e. The summed E-state index contributed by atoms with van der Waals surface area (Å²) in [5, 5.41) is 17.7. The molecule has 0 aliphatic heterocycles. The number of hydrazone groups is 1. The zero-order valence-electron chi connectivity index (χ0n) is 21.9. The molecule has 0 spiro atoms. The Morgan fingerprint density at radius 2 is 1.85 bits per heavy atom. The molecule has 0 saturated heterocycles. The van der Waals surface area contributed by atoms with Gasteiger partial charge in [-0.25, -0.2) is 15.0 Å². The third kappa shape index (κ3) is 6.55. The zero-order valence-corrected chi connectivity index (χ0v) is 22.7. The van der Waals surface area contributed by atoms with Crippen LogP contribution in [0.15, 0.2) is 47.6 Å². The average Bonchev–Trinajstić information content (AvgIpc) is 3.54. The Balaban J connectivity index is 1.40. The van der Waals surface area contributed by atoms with Gasteiger partial charge in [0.1, 0.15) is 10.6 Å². The summed E-state index contributed by atoms with van der Waals surface area (Å²) in [6.45, 7) is 1.86. The molecule has 1 aromatic heterocycles. The van der Waals surface area contributed by atoms with Crippen molar-refractivity contribution in [3.63, 3.8) is 0 Å². The van der Waals surface area contributed by atoms with Crippen molar-refractivity contribution >= 4 is 52.0 Å². The number of carbonyl (C=O) groups is 4. The molecule has 2 amide bonds. The van der Waals surface area contributed by atoms with E-state index in [1.807, 2.05) is 0 Å². The molecule has 1 aliphatic carbocycles. The minimum absolute atomic E-state index is 0.00327. The fourth-order valence-electron chi connectivity index (χ4n) is 4.10. The fraction of sp³-hybridized carbons (Fsp3) is 0.222. The monoisotopic (exact) mass is 580 g/mol. The molecule has 0 radical (unpaired) electrons. The zero-order chi connectivity index (χ0) is 29.5. The second kappa shape index (κ2) is 12.8. The molecule has 2 N–H and O–H groups in total. The Labute approximate surface area is 237 Å². The third-order valence-corrected chi connectivity index (χ3v) is 7.13. The summed E-state index contributed by atoms with van der Waals surface area (Å²) in [5.74, 6) is -3.46. The topological polar surface area (TPSA) is 176 Å². The van der Waals surface area contributed by atoms with Crippen molar-refractivity contribution in [3.05, 3.63) is 79.7 Å². The number of carbonyl (C=O) groups excluding carboxylic acids is 4. The van der Waals surface area contributed by atoms with Gasteiger partial charge >= 0.3 is 23.8 Å². The molecule has 14 heteroatoms. The van der Waals surface area contributed by atoms with Gasteiger partial charge in [0, 0.05) is 10.9 Å². The molecule has 0 atom stereocenters. The predicted molar refractivity (Wildman–Crippen MR) is 148 cm³/mol. The van der Waals surface area contributed by atoms with Crippen molar-refractivity contribution in [3.8, 4) is 11.5 Å². The fourth-order valence-corrected chi connectivity index (χ4v) is 5.37. The highest BCUT2D eigenvalue weighted by Gasteiger charge is 2.29. The number of nitro groups is 1. The molecular weight excluding hydrogens is 556 g/mol. The number of nitro benzene ring substituents is 1. The number of nitrogens with one attached hydrogen (secondary N) is 2. The first-order chi connectivity index (χ1) is 19.7. The summed E-state index contributed by atoms with van der Waals surface area (Å²) < 4.78 is 15.7. The Morgan fingerprint density at radius 3 is 2.59 bits per heavy atom. The highest BCUT2D eigenvalue weighted by Crippen LogP contribution is 2.39. The molecule has 3 aromatic rings. The minimum Gasteiger partial charge on any atom is -0.493 e. The molecule has 1 aliphatic rings. The Morgan fingerprint density at radius 1 is 1.07 bits per heavy atom. The van der Waals surface area contributed by atoms with Gasteiger partial charge in [0.2, 0.25) is 0 Å². The number of benzene rings is 2. The lowest BCUT2D eigenvalue weighted by atomic mass is 10.1. The van der Waals surface area contributed by atoms with E-state index < -0.39 is 34.4 Å². The van der Waals surface area contributed by atoms with Gasteiger partial charge in [0.05, 0.1) is 30.4 Å². The summed E-state index contributed by atoms with van der Waals surface area (Å²) in [4.78, 5) is 61.3. The van der Waals surface area contributed by atoms with Crippen molar-refractivity contribution in [1.29, 1.82) is 0 Å². The van der Waals surface area contributed by atoms with Crippen LogP contribution in [0.2, 0.25) is 0 Å². The van der Waals surface area contributed by atoms with Crippen LogP contribution < -0.4 is 20.2 Å². The minimum atomic E-state index is -1.06. The second-order valence-electron chi connectivity index (χ2n) is 8.51. The van der Waals surface area contributed by atoms with Crippen LogP contribution in [-0.4, -0.2) is 48.6 Å². The number of rotatable bonds is 9. The van der Waals surface area contributed by atoms with Gasteiger partial charge in [-0.2, -0.15) is 5.10 Å². The number of hydrogen-bond acceptors (Lipinski definition) is 11. The number of amides is 2. The average molecular weight is 581 g/mol. The number of anilines is 1. The number of methoxy groups -OCH3 is 1. The molecule has 2 aromatic carbocycles. The first kappa shape index (κ1) is 28.9. The smallest absolute Gasteiger partial charge is 0.350 e. The summed E-state index contributed by atoms with van der Waals surface area (Å²) in [7, 11) is 1.33. The Bertz CT molecular complexity index is 1560. The lowest BCUT2D eigenvalue weighted by molar-refractivity contribution is -0.385. The van der Waals surface area contributed by atoms with Crippen molar-refractivity contribution in [2.24, 2.45) is 5.10 Å². The number of hydrogen-bond donors (Lipinski definition) is 2. The van der Waals surface area contributed by atoms with Gasteiger partial charge in [-0.05, 0) is 61.6 Å². The summed E-state index contributed by atoms with van der Waals surface area (Å²) in [6.07, 6.45) is 3.61. The van der Waals surface area contributed by atoms with E-state index in [9.17, 15) is 29.3 Å². The normalized spacial score (nSPS) is 12.0. The molecule has 13 nitrogen and oxygen atoms in total. The maximum atomic E-state index is 12.5. The molecule has 0 unspecified atom stereocenters. The Hall–Kier alpha value is -5.11. The van der Waals surface area contributed by atoms with Crippen LogP contribution in [0.25, 0.3) is 0 Å². The van der Waals surface area contributed by atoms with Gasteiger partial charge < -0.3 is 19.5 Å². The number of thiophene rings is 1. The van der Waals surface area contributed by atoms with Crippen LogP contribution in [0.5, 0.6) is 11.5 Å². The highest BCUT2D eigenvalue weighted by atomic mass is 32.1. The van der Waals surface area contributed by atoms with E-state index in [0.29, 0.717) is 12.0 Å². The molecule has 1 heterocycles. The molecular formula is C27H24N4O9S. The second-order valence-corrected chi connectivity index (χ2v) is 9.61. The first-order valence-electron chi connectivity index (χ1n) is 12.3. The van der Waals surface area contributed by atoms with Gasteiger partial charge in [-0.3, -0.25) is 19.7 Å². The summed E-state index contributed by atoms with van der Waals surface area (Å²) in [5.41, 5.74) is 3.01. The lowest BCUT2D eigenvalue weighted by Gasteiger charge is -2.10. The van der Waals surface area contributed by atoms with Crippen LogP contribution in [0.3, 0.4) is 0 Å². The maximum Gasteiger partial charge on any atom is 0.350 e. The molecule has 4 rings (SSSR count). The van der Waals surface area contributed by atoms with Gasteiger partial charge in [-0.15, -0.1) is 11.3 Å². The highest BCUT2D eigenvalue weighted by molar-refractivity contribution is 7.17. The van der Waals surface area contributed by atoms with Crippen molar-refractivity contribution in [1.82, 2.24) is 5.43 Å². The van der Waals surface area contributed by atoms with Crippen molar-refractivity contribution in [2.45, 2.75) is 26.2 Å². The first-order valence-corrected chi connectivity index (χ1v) is 13.1. The molecule has 41 heavy (non-hydrogen) atoms. The van der Waals surface area contributed by atoms with Crippen LogP contribution >= 0.6 is 11.3 Å². The standard InChI is InChI=1S/C27H24N4O9S/c1-3-39-27(35)22-17-8-6-10-21(17)41-25(22)29-23(32)24(33)30-28-14-15-11-12-19(20(13-15)38-2)40-26(34)16-7-4-5-9-18(16)31(36)37/h4-5,7,9,11-14H,3,6,8,10H2,1-2H3,(H,29,32)(H,30,33)/b28-14+. The van der Waals surface area contributed by atoms with E-state index in [4.69, 9.17) is 14.2 Å². The molecule has 0 bridgehead atoms. The number of ether oxygens (including phenoxy) is 3. The molecule has 0 saturated carbocycles. The number of fused-ring (bicyclic) bond motifs is 1. The van der Waals surface area contributed by atoms with E-state index in [1.54, 1.807) is 6.92 Å². The van der Waals surface area contributed by atoms with Crippen molar-refractivity contribution in [2.75, 3.05) is 19.0 Å². The van der Waals surface area contributed by atoms with Gasteiger partial charge in [0.25, 0.3) is 5.69 Å². The van der Waals surface area contributed by atoms with Crippen LogP contribution in [0.4, 0.5) is 10.7 Å². The van der Waals surface area contributed by atoms with Crippen LogP contribution in [0.1, 0.15) is 50.1 Å². The summed E-state index contributed by atoms with van der Waals surface area (Å²) in [6, 6.07) is 9.68. The van der Waals surface area contributed by atoms with Crippen LogP contribution in [0, 0.1) is 10.1 Å². The van der Waals surface area contributed by atoms with E-state index >= 15 is 0 Å². The van der Waals surface area contributed by atoms with E-state index in [1.165, 1.54) is 67.1 Å².